The third-order valence-corrected chi connectivity index (χ3v) is 13.5. The number of fused-ring (bicyclic) bond motifs is 18. The number of hydrogen-bond donors (Lipinski definition) is 0. The molecular weight excluding hydrogens is 607 g/mol. The van der Waals surface area contributed by atoms with Gasteiger partial charge in [-0.15, -0.1) is 0 Å². The van der Waals surface area contributed by atoms with Crippen molar-refractivity contribution in [2.24, 2.45) is 0 Å². The van der Waals surface area contributed by atoms with Crippen LogP contribution in [0.5, 0.6) is 0 Å². The highest BCUT2D eigenvalue weighted by Crippen LogP contribution is 2.49. The first-order chi connectivity index (χ1) is 23.3. The number of rotatable bonds is 0. The van der Waals surface area contributed by atoms with E-state index >= 15 is 0 Å². The molecule has 0 bridgehead atoms. The summed E-state index contributed by atoms with van der Waals surface area (Å²) in [4.78, 5) is 5.61. The fourth-order valence-corrected chi connectivity index (χ4v) is 12.0. The molecule has 11 aromatic rings. The standard InChI is InChI=1S/C42H21BN2S2/c1-5-14-30-22(10-1)26-20-28-41(36-24-12-3-7-16-32(24)44(30)39(26)36)46-34-18-9-19-35-38(34)43(28)29-21-27-23-11-2-6-15-31(23)45-33-17-8-4-13-25(33)37(40(27)45)42(29)47-35/h1-21H. The van der Waals surface area contributed by atoms with Gasteiger partial charge in [-0.25, -0.2) is 0 Å². The van der Waals surface area contributed by atoms with E-state index in [4.69, 9.17) is 0 Å². The Bertz CT molecular complexity index is 2990. The van der Waals surface area contributed by atoms with Crippen LogP contribution in [0.2, 0.25) is 0 Å². The summed E-state index contributed by atoms with van der Waals surface area (Å²) >= 11 is 3.97. The molecule has 2 nitrogen and oxygen atoms in total. The lowest BCUT2D eigenvalue weighted by atomic mass is 9.36. The Hall–Kier alpha value is -5.10. The highest BCUT2D eigenvalue weighted by Gasteiger charge is 2.41. The Morgan fingerprint density at radius 1 is 0.404 bits per heavy atom. The Balaban J connectivity index is 1.26. The molecule has 2 aliphatic rings. The van der Waals surface area contributed by atoms with Gasteiger partial charge in [0.2, 0.25) is 6.71 Å². The quantitative estimate of drug-likeness (QED) is 0.155. The Morgan fingerprint density at radius 3 is 1.28 bits per heavy atom. The predicted octanol–water partition coefficient (Wildman–Crippen LogP) is 9.43. The van der Waals surface area contributed by atoms with Gasteiger partial charge in [0.25, 0.3) is 0 Å². The van der Waals surface area contributed by atoms with E-state index < -0.39 is 0 Å². The van der Waals surface area contributed by atoms with E-state index in [-0.39, 0.29) is 6.71 Å². The molecule has 13 rings (SSSR count). The first kappa shape index (κ1) is 24.1. The molecule has 214 valence electrons. The minimum Gasteiger partial charge on any atom is -0.308 e. The van der Waals surface area contributed by atoms with Gasteiger partial charge in [-0.1, -0.05) is 125 Å². The first-order valence-corrected chi connectivity index (χ1v) is 17.9. The fraction of sp³-hybridized carbons (Fsp3) is 0. The van der Waals surface area contributed by atoms with Crippen molar-refractivity contribution >= 4 is 123 Å². The van der Waals surface area contributed by atoms with Crippen LogP contribution in [-0.2, 0) is 0 Å². The minimum absolute atomic E-state index is 0.153. The predicted molar refractivity (Wildman–Crippen MR) is 202 cm³/mol. The van der Waals surface area contributed by atoms with Crippen molar-refractivity contribution in [2.45, 2.75) is 19.6 Å². The van der Waals surface area contributed by atoms with Crippen LogP contribution in [0.3, 0.4) is 0 Å². The molecule has 0 aliphatic carbocycles. The zero-order valence-corrected chi connectivity index (χ0v) is 26.5. The normalized spacial score (nSPS) is 14.2. The van der Waals surface area contributed by atoms with Gasteiger partial charge in [-0.3, -0.25) is 0 Å². The molecule has 0 fully saturated rings. The van der Waals surface area contributed by atoms with Crippen LogP contribution in [0.15, 0.2) is 147 Å². The molecular formula is C42H21BN2S2. The lowest BCUT2D eigenvalue weighted by Gasteiger charge is -2.33. The van der Waals surface area contributed by atoms with Gasteiger partial charge in [-0.05, 0) is 41.9 Å². The topological polar surface area (TPSA) is 8.82 Å². The van der Waals surface area contributed by atoms with Gasteiger partial charge in [-0.2, -0.15) is 0 Å². The molecule has 0 saturated heterocycles. The smallest absolute Gasteiger partial charge is 0.247 e. The second kappa shape index (κ2) is 8.06. The van der Waals surface area contributed by atoms with Gasteiger partial charge in [0.1, 0.15) is 0 Å². The van der Waals surface area contributed by atoms with Crippen molar-refractivity contribution < 1.29 is 0 Å². The number of aromatic nitrogens is 2. The molecule has 0 atom stereocenters. The maximum absolute atomic E-state index is 2.57. The van der Waals surface area contributed by atoms with Crippen molar-refractivity contribution in [3.8, 4) is 0 Å². The average molecular weight is 629 g/mol. The molecule has 0 saturated carbocycles. The maximum Gasteiger partial charge on any atom is 0.247 e. The van der Waals surface area contributed by atoms with Gasteiger partial charge < -0.3 is 8.80 Å². The van der Waals surface area contributed by atoms with Crippen molar-refractivity contribution in [1.29, 1.82) is 0 Å². The lowest BCUT2D eigenvalue weighted by molar-refractivity contribution is 1.35. The maximum atomic E-state index is 2.57. The second-order valence-corrected chi connectivity index (χ2v) is 15.3. The summed E-state index contributed by atoms with van der Waals surface area (Å²) in [6.07, 6.45) is 0. The minimum atomic E-state index is 0.153. The lowest BCUT2D eigenvalue weighted by Crippen LogP contribution is -2.58. The molecule has 0 spiro atoms. The number of benzene rings is 7. The molecule has 7 aromatic carbocycles. The van der Waals surface area contributed by atoms with Gasteiger partial charge >= 0.3 is 0 Å². The van der Waals surface area contributed by atoms with E-state index in [9.17, 15) is 0 Å². The monoisotopic (exact) mass is 628 g/mol. The zero-order chi connectivity index (χ0) is 30.1. The third-order valence-electron chi connectivity index (χ3n) is 11.1. The van der Waals surface area contributed by atoms with Crippen molar-refractivity contribution in [3.63, 3.8) is 0 Å². The van der Waals surface area contributed by atoms with E-state index in [1.807, 2.05) is 23.5 Å². The average Bonchev–Trinajstić information content (AvgIpc) is 3.84. The summed E-state index contributed by atoms with van der Waals surface area (Å²) in [7, 11) is 0. The van der Waals surface area contributed by atoms with Crippen LogP contribution < -0.4 is 16.4 Å². The Morgan fingerprint density at radius 2 is 0.809 bits per heavy atom. The van der Waals surface area contributed by atoms with Crippen LogP contribution in [0.4, 0.5) is 0 Å². The van der Waals surface area contributed by atoms with Crippen LogP contribution in [0, 0.1) is 0 Å². The number of nitrogens with zero attached hydrogens (tertiary/aromatic N) is 2. The van der Waals surface area contributed by atoms with Crippen LogP contribution >= 0.6 is 23.5 Å². The van der Waals surface area contributed by atoms with Gasteiger partial charge in [0, 0.05) is 62.7 Å². The van der Waals surface area contributed by atoms with Crippen LogP contribution in [0.1, 0.15) is 0 Å². The summed E-state index contributed by atoms with van der Waals surface area (Å²) in [5.41, 5.74) is 12.2. The van der Waals surface area contributed by atoms with Crippen molar-refractivity contribution in [1.82, 2.24) is 8.80 Å². The highest BCUT2D eigenvalue weighted by molar-refractivity contribution is 8.01. The summed E-state index contributed by atoms with van der Waals surface area (Å²) in [5, 5.41) is 10.9. The number of hydrogen-bond acceptors (Lipinski definition) is 2. The van der Waals surface area contributed by atoms with E-state index in [1.165, 1.54) is 112 Å². The molecule has 0 N–H and O–H groups in total. The molecule has 5 heteroatoms. The summed E-state index contributed by atoms with van der Waals surface area (Å²) < 4.78 is 5.03. The molecule has 2 aliphatic heterocycles. The third kappa shape index (κ3) is 2.65. The van der Waals surface area contributed by atoms with E-state index in [0.29, 0.717) is 0 Å². The van der Waals surface area contributed by atoms with Gasteiger partial charge in [0.05, 0.1) is 33.1 Å². The number of para-hydroxylation sites is 4. The van der Waals surface area contributed by atoms with Crippen molar-refractivity contribution in [3.05, 3.63) is 127 Å². The SMILES string of the molecule is c1cc2c3c(c1)Sc1c(cc4c5ccccc5n5c6ccccc6c1c45)B3c1cc3c4ccccc4n4c5ccccc5c(c1S2)c34. The molecule has 0 amide bonds. The molecule has 0 radical (unpaired) electrons. The zero-order valence-electron chi connectivity index (χ0n) is 24.9. The van der Waals surface area contributed by atoms with E-state index in [0.717, 1.165) is 0 Å². The van der Waals surface area contributed by atoms with Gasteiger partial charge in [0.15, 0.2) is 0 Å². The molecule has 47 heavy (non-hydrogen) atoms. The van der Waals surface area contributed by atoms with Crippen molar-refractivity contribution in [2.75, 3.05) is 0 Å². The summed E-state index contributed by atoms with van der Waals surface area (Å²) in [6.45, 7) is 0.153. The molecule has 4 aromatic heterocycles. The Labute approximate surface area is 277 Å². The second-order valence-electron chi connectivity index (χ2n) is 13.2. The first-order valence-electron chi connectivity index (χ1n) is 16.2. The van der Waals surface area contributed by atoms with Crippen LogP contribution in [-0.4, -0.2) is 15.5 Å². The van der Waals surface area contributed by atoms with E-state index in [1.54, 1.807) is 0 Å². The molecule has 0 unspecified atom stereocenters. The largest absolute Gasteiger partial charge is 0.308 e. The fourth-order valence-electron chi connectivity index (χ4n) is 9.35. The molecule has 6 heterocycles. The van der Waals surface area contributed by atoms with E-state index in [2.05, 4.69) is 136 Å². The highest BCUT2D eigenvalue weighted by atomic mass is 32.2. The Kier molecular flexibility index (Phi) is 4.14. The summed E-state index contributed by atoms with van der Waals surface area (Å²) in [6, 6.07) is 48.1. The van der Waals surface area contributed by atoms with Crippen LogP contribution in [0.25, 0.3) is 76.2 Å². The summed E-state index contributed by atoms with van der Waals surface area (Å²) in [5.74, 6) is 0.